The van der Waals surface area contributed by atoms with Crippen LogP contribution in [0.25, 0.3) is 0 Å². The molecule has 8 nitrogen and oxygen atoms in total. The summed E-state index contributed by atoms with van der Waals surface area (Å²) in [5.74, 6) is -2.97. The lowest BCUT2D eigenvalue weighted by atomic mass is 9.65. The van der Waals surface area contributed by atoms with E-state index in [4.69, 9.17) is 4.74 Å². The van der Waals surface area contributed by atoms with Gasteiger partial charge in [-0.05, 0) is 25.3 Å². The zero-order valence-corrected chi connectivity index (χ0v) is 13.1. The van der Waals surface area contributed by atoms with Crippen molar-refractivity contribution < 1.29 is 24.7 Å². The third kappa shape index (κ3) is 2.76. The van der Waals surface area contributed by atoms with E-state index in [1.165, 1.54) is 12.3 Å². The summed E-state index contributed by atoms with van der Waals surface area (Å²) in [5, 5.41) is 32.3. The number of nitrogens with zero attached hydrogens (tertiary/aromatic N) is 2. The van der Waals surface area contributed by atoms with Gasteiger partial charge < -0.3 is 14.9 Å². The van der Waals surface area contributed by atoms with Gasteiger partial charge in [0.2, 0.25) is 0 Å². The fourth-order valence-electron chi connectivity index (χ4n) is 4.18. The molecule has 0 aromatic carbocycles. The van der Waals surface area contributed by atoms with Crippen molar-refractivity contribution in [2.45, 2.75) is 49.7 Å². The first-order valence-electron chi connectivity index (χ1n) is 8.10. The number of carboxylic acid groups (broad SMARTS) is 1. The minimum absolute atomic E-state index is 0.0900. The van der Waals surface area contributed by atoms with Crippen LogP contribution in [-0.4, -0.2) is 44.4 Å². The van der Waals surface area contributed by atoms with Crippen molar-refractivity contribution in [3.63, 3.8) is 0 Å². The second kappa shape index (κ2) is 6.45. The van der Waals surface area contributed by atoms with Crippen molar-refractivity contribution in [3.05, 3.63) is 34.1 Å². The Bertz CT molecular complexity index is 649. The van der Waals surface area contributed by atoms with E-state index >= 15 is 0 Å². The van der Waals surface area contributed by atoms with E-state index in [2.05, 4.69) is 4.98 Å². The van der Waals surface area contributed by atoms with Crippen LogP contribution in [0, 0.1) is 16.0 Å². The summed E-state index contributed by atoms with van der Waals surface area (Å²) < 4.78 is 5.67. The molecule has 1 aliphatic carbocycles. The maximum absolute atomic E-state index is 12.0. The zero-order valence-electron chi connectivity index (χ0n) is 13.1. The predicted octanol–water partition coefficient (Wildman–Crippen LogP) is 1.87. The number of aliphatic hydroxyl groups is 1. The van der Waals surface area contributed by atoms with Gasteiger partial charge in [-0.15, -0.1) is 0 Å². The highest BCUT2D eigenvalue weighted by Crippen LogP contribution is 2.48. The van der Waals surface area contributed by atoms with Crippen LogP contribution in [0.1, 0.15) is 43.6 Å². The highest BCUT2D eigenvalue weighted by molar-refractivity contribution is 5.78. The quantitative estimate of drug-likeness (QED) is 0.635. The van der Waals surface area contributed by atoms with Crippen molar-refractivity contribution in [2.24, 2.45) is 5.92 Å². The normalized spacial score (nSPS) is 31.0. The Morgan fingerprint density at radius 1 is 1.46 bits per heavy atom. The predicted molar refractivity (Wildman–Crippen MR) is 82.5 cm³/mol. The van der Waals surface area contributed by atoms with Crippen LogP contribution in [0.4, 0.5) is 5.69 Å². The number of pyridine rings is 1. The van der Waals surface area contributed by atoms with Crippen molar-refractivity contribution >= 4 is 11.7 Å². The van der Waals surface area contributed by atoms with Crippen LogP contribution >= 0.6 is 0 Å². The molecule has 1 aromatic rings. The minimum Gasteiger partial charge on any atom is -0.481 e. The van der Waals surface area contributed by atoms with Gasteiger partial charge in [-0.25, -0.2) is 0 Å². The Kier molecular flexibility index (Phi) is 4.51. The van der Waals surface area contributed by atoms with Gasteiger partial charge in [0.15, 0.2) is 0 Å². The molecule has 2 aliphatic rings. The second-order valence-electron chi connectivity index (χ2n) is 6.50. The molecular weight excluding hydrogens is 316 g/mol. The smallest absolute Gasteiger partial charge is 0.311 e. The standard InChI is InChI=1S/C16H20N2O6/c19-15(20)14(10-4-7-17-9-12(10)18(22)23)11-5-8-24-13-3-1-2-6-16(11,13)21/h4,7,9,11,13-14,21H,1-3,5-6,8H2,(H,19,20)/t11-,13-,14+,16-/m1/s1. The van der Waals surface area contributed by atoms with E-state index < -0.39 is 34.4 Å². The molecule has 2 heterocycles. The average Bonchev–Trinajstić information content (AvgIpc) is 2.55. The molecule has 0 amide bonds. The lowest BCUT2D eigenvalue weighted by Gasteiger charge is -2.50. The maximum atomic E-state index is 12.0. The molecule has 130 valence electrons. The number of aromatic nitrogens is 1. The molecule has 1 aromatic heterocycles. The Morgan fingerprint density at radius 2 is 2.25 bits per heavy atom. The van der Waals surface area contributed by atoms with Crippen molar-refractivity contribution in [1.82, 2.24) is 4.98 Å². The molecule has 8 heteroatoms. The van der Waals surface area contributed by atoms with E-state index in [0.717, 1.165) is 19.0 Å². The molecule has 1 aliphatic heterocycles. The summed E-state index contributed by atoms with van der Waals surface area (Å²) in [6.07, 6.45) is 5.19. The zero-order chi connectivity index (χ0) is 17.3. The molecule has 0 bridgehead atoms. The van der Waals surface area contributed by atoms with Crippen LogP contribution in [0.3, 0.4) is 0 Å². The summed E-state index contributed by atoms with van der Waals surface area (Å²) in [6.45, 7) is 0.348. The van der Waals surface area contributed by atoms with E-state index in [0.29, 0.717) is 25.9 Å². The van der Waals surface area contributed by atoms with Crippen molar-refractivity contribution in [2.75, 3.05) is 6.61 Å². The first kappa shape index (κ1) is 16.8. The fourth-order valence-corrected chi connectivity index (χ4v) is 4.18. The van der Waals surface area contributed by atoms with Crippen LogP contribution in [0.15, 0.2) is 18.5 Å². The van der Waals surface area contributed by atoms with Crippen LogP contribution < -0.4 is 0 Å². The highest BCUT2D eigenvalue weighted by Gasteiger charge is 2.54. The lowest BCUT2D eigenvalue weighted by Crippen LogP contribution is -2.57. The molecule has 0 unspecified atom stereocenters. The van der Waals surface area contributed by atoms with Gasteiger partial charge in [0.05, 0.1) is 22.5 Å². The summed E-state index contributed by atoms with van der Waals surface area (Å²) in [4.78, 5) is 26.4. The molecule has 2 fully saturated rings. The molecule has 4 atom stereocenters. The van der Waals surface area contributed by atoms with Crippen LogP contribution in [0.5, 0.6) is 0 Å². The number of nitro groups is 1. The van der Waals surface area contributed by atoms with Crippen LogP contribution in [-0.2, 0) is 9.53 Å². The number of carboxylic acids is 1. The van der Waals surface area contributed by atoms with E-state index in [-0.39, 0.29) is 11.3 Å². The molecule has 24 heavy (non-hydrogen) atoms. The number of ether oxygens (including phenoxy) is 1. The third-order valence-corrected chi connectivity index (χ3v) is 5.27. The highest BCUT2D eigenvalue weighted by atomic mass is 16.6. The SMILES string of the molecule is O=C(O)[C@@H](c1ccncc1[N+](=O)[O-])[C@H]1CCO[C@@H]2CCCC[C@@]12O. The van der Waals surface area contributed by atoms with E-state index in [1.807, 2.05) is 0 Å². The summed E-state index contributed by atoms with van der Waals surface area (Å²) >= 11 is 0. The lowest BCUT2D eigenvalue weighted by molar-refractivity contribution is -0.386. The summed E-state index contributed by atoms with van der Waals surface area (Å²) in [6, 6.07) is 1.37. The van der Waals surface area contributed by atoms with Gasteiger partial charge in [-0.2, -0.15) is 0 Å². The first-order chi connectivity index (χ1) is 11.4. The molecule has 1 saturated heterocycles. The molecule has 1 saturated carbocycles. The largest absolute Gasteiger partial charge is 0.481 e. The van der Waals surface area contributed by atoms with E-state index in [1.54, 1.807) is 0 Å². The summed E-state index contributed by atoms with van der Waals surface area (Å²) in [5.41, 5.74) is -1.50. The van der Waals surface area contributed by atoms with Gasteiger partial charge in [0.1, 0.15) is 6.20 Å². The number of rotatable bonds is 4. The fraction of sp³-hybridized carbons (Fsp3) is 0.625. The van der Waals surface area contributed by atoms with Gasteiger partial charge in [0, 0.05) is 24.3 Å². The Balaban J connectivity index is 2.05. The van der Waals surface area contributed by atoms with Gasteiger partial charge in [0.25, 0.3) is 5.69 Å². The molecule has 2 N–H and O–H groups in total. The molecular formula is C16H20N2O6. The molecule has 3 rings (SSSR count). The topological polar surface area (TPSA) is 123 Å². The van der Waals surface area contributed by atoms with Gasteiger partial charge >= 0.3 is 5.97 Å². The van der Waals surface area contributed by atoms with Crippen molar-refractivity contribution in [1.29, 1.82) is 0 Å². The molecule has 0 radical (unpaired) electrons. The van der Waals surface area contributed by atoms with E-state index in [9.17, 15) is 25.1 Å². The number of fused-ring (bicyclic) bond motifs is 1. The summed E-state index contributed by atoms with van der Waals surface area (Å²) in [7, 11) is 0. The van der Waals surface area contributed by atoms with Gasteiger partial charge in [-0.3, -0.25) is 19.9 Å². The number of aliphatic carboxylic acids is 1. The first-order valence-corrected chi connectivity index (χ1v) is 8.10. The number of hydrogen-bond donors (Lipinski definition) is 2. The Morgan fingerprint density at radius 3 is 2.96 bits per heavy atom. The monoisotopic (exact) mass is 336 g/mol. The third-order valence-electron chi connectivity index (χ3n) is 5.27. The number of carbonyl (C=O) groups is 1. The van der Waals surface area contributed by atoms with Gasteiger partial charge in [-0.1, -0.05) is 12.8 Å². The van der Waals surface area contributed by atoms with Crippen LogP contribution in [0.2, 0.25) is 0 Å². The van der Waals surface area contributed by atoms with Crippen molar-refractivity contribution in [3.8, 4) is 0 Å². The molecule has 0 spiro atoms. The maximum Gasteiger partial charge on any atom is 0.311 e. The average molecular weight is 336 g/mol. The number of hydrogen-bond acceptors (Lipinski definition) is 6. The second-order valence-corrected chi connectivity index (χ2v) is 6.50. The Labute approximate surface area is 138 Å². The Hall–Kier alpha value is -2.06. The minimum atomic E-state index is -1.27.